The van der Waals surface area contributed by atoms with Gasteiger partial charge in [0.25, 0.3) is 0 Å². The van der Waals surface area contributed by atoms with Gasteiger partial charge < -0.3 is 9.64 Å². The normalized spacial score (nSPS) is 17.4. The predicted octanol–water partition coefficient (Wildman–Crippen LogP) is 6.19. The second-order valence-corrected chi connectivity index (χ2v) is 10.2. The zero-order valence-corrected chi connectivity index (χ0v) is 20.2. The first-order chi connectivity index (χ1) is 16.6. The summed E-state index contributed by atoms with van der Waals surface area (Å²) in [6.07, 6.45) is 3.67. The van der Waals surface area contributed by atoms with Crippen LogP contribution in [0.25, 0.3) is 0 Å². The third-order valence-corrected chi connectivity index (χ3v) is 7.40. The van der Waals surface area contributed by atoms with Gasteiger partial charge in [-0.15, -0.1) is 0 Å². The number of likely N-dealkylation sites (tertiary alicyclic amines) is 2. The quantitative estimate of drug-likeness (QED) is 0.409. The first kappa shape index (κ1) is 22.9. The van der Waals surface area contributed by atoms with E-state index in [1.807, 2.05) is 60.7 Å². The Morgan fingerprint density at radius 2 is 1.56 bits per heavy atom. The van der Waals surface area contributed by atoms with Gasteiger partial charge in [0.15, 0.2) is 0 Å². The standard InChI is InChI=1S/C29H31ClN2O2/c30-25-12-9-23(10-13-25)11-14-28(33)32-21-29(22-32)15-17-31(18-16-29)20-24-5-4-8-27(19-24)34-26-6-2-1-3-7-26/h1-10,12-13,19H,11,14-18,20-22H2. The van der Waals surface area contributed by atoms with Gasteiger partial charge in [0, 0.05) is 36.5 Å². The summed E-state index contributed by atoms with van der Waals surface area (Å²) in [5.41, 5.74) is 2.77. The summed E-state index contributed by atoms with van der Waals surface area (Å²) in [4.78, 5) is 17.2. The number of carbonyl (C=O) groups excluding carboxylic acids is 1. The molecule has 3 aromatic rings. The highest BCUT2D eigenvalue weighted by molar-refractivity contribution is 6.30. The summed E-state index contributed by atoms with van der Waals surface area (Å²) < 4.78 is 5.99. The van der Waals surface area contributed by atoms with Crippen LogP contribution in [0.5, 0.6) is 11.5 Å². The maximum Gasteiger partial charge on any atom is 0.222 e. The molecule has 1 spiro atoms. The zero-order valence-electron chi connectivity index (χ0n) is 19.5. The molecule has 1 amide bonds. The molecule has 3 aromatic carbocycles. The van der Waals surface area contributed by atoms with Crippen molar-refractivity contribution in [2.75, 3.05) is 26.2 Å². The van der Waals surface area contributed by atoms with Gasteiger partial charge in [-0.05, 0) is 79.9 Å². The van der Waals surface area contributed by atoms with Crippen LogP contribution in [0.15, 0.2) is 78.9 Å². The van der Waals surface area contributed by atoms with Crippen LogP contribution in [-0.2, 0) is 17.8 Å². The molecule has 0 atom stereocenters. The van der Waals surface area contributed by atoms with Crippen LogP contribution in [0.1, 0.15) is 30.4 Å². The maximum absolute atomic E-state index is 12.6. The number of nitrogens with zero attached hydrogens (tertiary/aromatic N) is 2. The van der Waals surface area contributed by atoms with E-state index < -0.39 is 0 Å². The molecule has 0 unspecified atom stereocenters. The first-order valence-electron chi connectivity index (χ1n) is 12.1. The number of para-hydroxylation sites is 1. The lowest BCUT2D eigenvalue weighted by Gasteiger charge is -2.54. The molecule has 2 aliphatic rings. The molecule has 2 fully saturated rings. The number of aryl methyl sites for hydroxylation is 1. The van der Waals surface area contributed by atoms with Crippen LogP contribution in [0.3, 0.4) is 0 Å². The molecule has 34 heavy (non-hydrogen) atoms. The zero-order chi connectivity index (χ0) is 23.4. The van der Waals surface area contributed by atoms with Gasteiger partial charge in [0.05, 0.1) is 0 Å². The van der Waals surface area contributed by atoms with Crippen molar-refractivity contribution in [3.05, 3.63) is 95.0 Å². The van der Waals surface area contributed by atoms with Gasteiger partial charge in [-0.3, -0.25) is 9.69 Å². The lowest BCUT2D eigenvalue weighted by atomic mass is 9.71. The summed E-state index contributed by atoms with van der Waals surface area (Å²) in [5, 5.41) is 0.735. The predicted molar refractivity (Wildman–Crippen MR) is 136 cm³/mol. The number of carbonyl (C=O) groups is 1. The van der Waals surface area contributed by atoms with Gasteiger partial charge in [-0.25, -0.2) is 0 Å². The lowest BCUT2D eigenvalue weighted by molar-refractivity contribution is -0.146. The fraction of sp³-hybridized carbons (Fsp3) is 0.345. The second-order valence-electron chi connectivity index (χ2n) is 9.71. The van der Waals surface area contributed by atoms with Crippen molar-refractivity contribution < 1.29 is 9.53 Å². The van der Waals surface area contributed by atoms with Crippen molar-refractivity contribution in [2.24, 2.45) is 5.41 Å². The highest BCUT2D eigenvalue weighted by Crippen LogP contribution is 2.41. The summed E-state index contributed by atoms with van der Waals surface area (Å²) >= 11 is 5.95. The monoisotopic (exact) mass is 474 g/mol. The van der Waals surface area contributed by atoms with E-state index in [1.165, 1.54) is 11.1 Å². The summed E-state index contributed by atoms with van der Waals surface area (Å²) in [6.45, 7) is 4.93. The van der Waals surface area contributed by atoms with Crippen molar-refractivity contribution in [1.29, 1.82) is 0 Å². The number of hydrogen-bond acceptors (Lipinski definition) is 3. The highest BCUT2D eigenvalue weighted by Gasteiger charge is 2.46. The van der Waals surface area contributed by atoms with E-state index in [9.17, 15) is 4.79 Å². The molecule has 5 rings (SSSR count). The first-order valence-corrected chi connectivity index (χ1v) is 12.5. The minimum atomic E-state index is 0.276. The van der Waals surface area contributed by atoms with Gasteiger partial charge in [0.2, 0.25) is 5.91 Å². The third kappa shape index (κ3) is 5.63. The molecule has 2 heterocycles. The van der Waals surface area contributed by atoms with Crippen molar-refractivity contribution in [3.8, 4) is 11.5 Å². The minimum Gasteiger partial charge on any atom is -0.457 e. The summed E-state index contributed by atoms with van der Waals surface area (Å²) in [6, 6.07) is 26.1. The molecule has 2 aliphatic heterocycles. The van der Waals surface area contributed by atoms with Crippen molar-refractivity contribution in [2.45, 2.75) is 32.2 Å². The molecule has 0 saturated carbocycles. The Labute approximate surface area is 207 Å². The number of benzene rings is 3. The Morgan fingerprint density at radius 1 is 0.853 bits per heavy atom. The molecule has 4 nitrogen and oxygen atoms in total. The molecular weight excluding hydrogens is 444 g/mol. The highest BCUT2D eigenvalue weighted by atomic mass is 35.5. The number of hydrogen-bond donors (Lipinski definition) is 0. The fourth-order valence-electron chi connectivity index (χ4n) is 5.09. The number of amides is 1. The van der Waals surface area contributed by atoms with E-state index in [0.29, 0.717) is 11.8 Å². The van der Waals surface area contributed by atoms with E-state index >= 15 is 0 Å². The van der Waals surface area contributed by atoms with Crippen molar-refractivity contribution in [3.63, 3.8) is 0 Å². The minimum absolute atomic E-state index is 0.276. The van der Waals surface area contributed by atoms with Crippen molar-refractivity contribution in [1.82, 2.24) is 9.80 Å². The number of rotatable bonds is 7. The lowest BCUT2D eigenvalue weighted by Crippen LogP contribution is -2.61. The average Bonchev–Trinajstić information content (AvgIpc) is 2.84. The van der Waals surface area contributed by atoms with E-state index in [2.05, 4.69) is 28.0 Å². The average molecular weight is 475 g/mol. The maximum atomic E-state index is 12.6. The van der Waals surface area contributed by atoms with Crippen LogP contribution in [0, 0.1) is 5.41 Å². The van der Waals surface area contributed by atoms with Crippen LogP contribution in [-0.4, -0.2) is 41.9 Å². The van der Waals surface area contributed by atoms with Gasteiger partial charge >= 0.3 is 0 Å². The molecule has 0 bridgehead atoms. The number of halogens is 1. The smallest absolute Gasteiger partial charge is 0.222 e. The number of piperidine rings is 1. The second kappa shape index (κ2) is 10.2. The van der Waals surface area contributed by atoms with Crippen molar-refractivity contribution >= 4 is 17.5 Å². The molecule has 0 radical (unpaired) electrons. The van der Waals surface area contributed by atoms with E-state index in [-0.39, 0.29) is 5.91 Å². The Hall–Kier alpha value is -2.82. The molecule has 176 valence electrons. The Balaban J connectivity index is 1.06. The molecule has 0 aliphatic carbocycles. The molecule has 0 N–H and O–H groups in total. The Bertz CT molecular complexity index is 1100. The molecule has 5 heteroatoms. The Morgan fingerprint density at radius 3 is 2.29 bits per heavy atom. The number of ether oxygens (including phenoxy) is 1. The molecular formula is C29H31ClN2O2. The Kier molecular flexibility index (Phi) is 6.89. The van der Waals surface area contributed by atoms with Crippen LogP contribution < -0.4 is 4.74 Å². The SMILES string of the molecule is O=C(CCc1ccc(Cl)cc1)N1CC2(CCN(Cc3cccc(Oc4ccccc4)c3)CC2)C1. The van der Waals surface area contributed by atoms with Gasteiger partial charge in [-0.1, -0.05) is 54.1 Å². The molecule has 2 saturated heterocycles. The van der Waals surface area contributed by atoms with E-state index in [0.717, 1.165) is 68.5 Å². The van der Waals surface area contributed by atoms with Crippen LogP contribution >= 0.6 is 11.6 Å². The topological polar surface area (TPSA) is 32.8 Å². The van der Waals surface area contributed by atoms with E-state index in [4.69, 9.17) is 16.3 Å². The largest absolute Gasteiger partial charge is 0.457 e. The summed E-state index contributed by atoms with van der Waals surface area (Å²) in [7, 11) is 0. The van der Waals surface area contributed by atoms with E-state index in [1.54, 1.807) is 0 Å². The van der Waals surface area contributed by atoms with Crippen LogP contribution in [0.2, 0.25) is 5.02 Å². The summed E-state index contributed by atoms with van der Waals surface area (Å²) in [5.74, 6) is 2.01. The fourth-order valence-corrected chi connectivity index (χ4v) is 5.22. The third-order valence-electron chi connectivity index (χ3n) is 7.15. The molecule has 0 aromatic heterocycles. The van der Waals surface area contributed by atoms with Gasteiger partial charge in [0.1, 0.15) is 11.5 Å². The van der Waals surface area contributed by atoms with Gasteiger partial charge in [-0.2, -0.15) is 0 Å². The van der Waals surface area contributed by atoms with Crippen LogP contribution in [0.4, 0.5) is 0 Å².